The van der Waals surface area contributed by atoms with Gasteiger partial charge in [-0.25, -0.2) is 0 Å². The lowest BCUT2D eigenvalue weighted by molar-refractivity contribution is -0.113. The van der Waals surface area contributed by atoms with E-state index in [1.165, 1.54) is 11.8 Å². The molecule has 0 saturated heterocycles. The molecule has 4 nitrogen and oxygen atoms in total. The summed E-state index contributed by atoms with van der Waals surface area (Å²) in [6, 6.07) is 13.1. The maximum atomic E-state index is 11.9. The summed E-state index contributed by atoms with van der Waals surface area (Å²) in [7, 11) is 1.61. The zero-order valence-corrected chi connectivity index (χ0v) is 12.9. The van der Waals surface area contributed by atoms with Gasteiger partial charge in [-0.3, -0.25) is 4.79 Å². The molecule has 0 heterocycles. The summed E-state index contributed by atoms with van der Waals surface area (Å²) < 4.78 is 5.07. The van der Waals surface area contributed by atoms with Gasteiger partial charge in [0.2, 0.25) is 5.91 Å². The molecule has 5 heteroatoms. The highest BCUT2D eigenvalue weighted by atomic mass is 32.2. The monoisotopic (exact) mass is 302 g/mol. The van der Waals surface area contributed by atoms with Crippen LogP contribution in [0.1, 0.15) is 5.56 Å². The number of amides is 1. The highest BCUT2D eigenvalue weighted by Gasteiger charge is 2.06. The van der Waals surface area contributed by atoms with Crippen molar-refractivity contribution in [2.75, 3.05) is 23.9 Å². The number of carbonyl (C=O) groups excluding carboxylic acids is 1. The van der Waals surface area contributed by atoms with E-state index in [0.717, 1.165) is 21.9 Å². The Morgan fingerprint density at radius 1 is 1.24 bits per heavy atom. The molecular weight excluding hydrogens is 284 g/mol. The fraction of sp³-hybridized carbons (Fsp3) is 0.188. The topological polar surface area (TPSA) is 64.3 Å². The molecule has 0 unspecified atom stereocenters. The number of nitrogen functional groups attached to an aromatic ring is 1. The number of rotatable bonds is 5. The standard InChI is InChI=1S/C16H18N2O2S/c1-11-3-8-15(14(17)9-11)21-10-16(19)18-12-4-6-13(20-2)7-5-12/h3-9H,10,17H2,1-2H3,(H,18,19). The molecule has 0 fully saturated rings. The van der Waals surface area contributed by atoms with Gasteiger partial charge in [-0.15, -0.1) is 11.8 Å². The highest BCUT2D eigenvalue weighted by Crippen LogP contribution is 2.26. The minimum atomic E-state index is -0.0647. The third-order valence-electron chi connectivity index (χ3n) is 2.90. The molecule has 1 amide bonds. The van der Waals surface area contributed by atoms with Crippen molar-refractivity contribution >= 4 is 29.0 Å². The highest BCUT2D eigenvalue weighted by molar-refractivity contribution is 8.00. The van der Waals surface area contributed by atoms with E-state index < -0.39 is 0 Å². The van der Waals surface area contributed by atoms with Gasteiger partial charge in [-0.2, -0.15) is 0 Å². The Balaban J connectivity index is 1.89. The Labute approximate surface area is 128 Å². The molecule has 2 rings (SSSR count). The predicted molar refractivity (Wildman–Crippen MR) is 87.9 cm³/mol. The normalized spacial score (nSPS) is 10.2. The Morgan fingerprint density at radius 2 is 1.95 bits per heavy atom. The first-order valence-corrected chi connectivity index (χ1v) is 7.50. The first-order valence-electron chi connectivity index (χ1n) is 6.51. The summed E-state index contributed by atoms with van der Waals surface area (Å²) in [6.07, 6.45) is 0. The zero-order chi connectivity index (χ0) is 15.2. The van der Waals surface area contributed by atoms with Crippen LogP contribution in [0.4, 0.5) is 11.4 Å². The summed E-state index contributed by atoms with van der Waals surface area (Å²) in [5, 5.41) is 2.84. The molecule has 0 saturated carbocycles. The van der Waals surface area contributed by atoms with Crippen LogP contribution >= 0.6 is 11.8 Å². The minimum absolute atomic E-state index is 0.0647. The smallest absolute Gasteiger partial charge is 0.234 e. The third kappa shape index (κ3) is 4.43. The van der Waals surface area contributed by atoms with E-state index >= 15 is 0 Å². The van der Waals surface area contributed by atoms with Crippen molar-refractivity contribution in [3.8, 4) is 5.75 Å². The van der Waals surface area contributed by atoms with Gasteiger partial charge in [0.1, 0.15) is 5.75 Å². The summed E-state index contributed by atoms with van der Waals surface area (Å²) in [4.78, 5) is 12.8. The number of hydrogen-bond donors (Lipinski definition) is 2. The molecule has 0 spiro atoms. The Kier molecular flexibility index (Phi) is 5.11. The van der Waals surface area contributed by atoms with Crippen LogP contribution in [-0.4, -0.2) is 18.8 Å². The van der Waals surface area contributed by atoms with Crippen LogP contribution in [0.3, 0.4) is 0 Å². The SMILES string of the molecule is COc1ccc(NC(=O)CSc2ccc(C)cc2N)cc1. The molecule has 0 aliphatic heterocycles. The largest absolute Gasteiger partial charge is 0.497 e. The van der Waals surface area contributed by atoms with Crippen LogP contribution in [0.5, 0.6) is 5.75 Å². The van der Waals surface area contributed by atoms with Crippen molar-refractivity contribution < 1.29 is 9.53 Å². The summed E-state index contributed by atoms with van der Waals surface area (Å²) in [5.41, 5.74) is 8.49. The van der Waals surface area contributed by atoms with Gasteiger partial charge in [0.15, 0.2) is 0 Å². The summed E-state index contributed by atoms with van der Waals surface area (Å²) >= 11 is 1.43. The van der Waals surface area contributed by atoms with Gasteiger partial charge < -0.3 is 15.8 Å². The Bertz CT molecular complexity index is 627. The van der Waals surface area contributed by atoms with Gasteiger partial charge in [0, 0.05) is 16.3 Å². The van der Waals surface area contributed by atoms with Gasteiger partial charge >= 0.3 is 0 Å². The Morgan fingerprint density at radius 3 is 2.57 bits per heavy atom. The van der Waals surface area contributed by atoms with Gasteiger partial charge in [-0.05, 0) is 48.9 Å². The number of aryl methyl sites for hydroxylation is 1. The molecular formula is C16H18N2O2S. The van der Waals surface area contributed by atoms with Crippen LogP contribution < -0.4 is 15.8 Å². The van der Waals surface area contributed by atoms with E-state index in [9.17, 15) is 4.79 Å². The van der Waals surface area contributed by atoms with E-state index in [-0.39, 0.29) is 5.91 Å². The van der Waals surface area contributed by atoms with Crippen LogP contribution in [0.2, 0.25) is 0 Å². The van der Waals surface area contributed by atoms with Crippen LogP contribution in [0.25, 0.3) is 0 Å². The van der Waals surface area contributed by atoms with Crippen LogP contribution in [0.15, 0.2) is 47.4 Å². The molecule has 110 valence electrons. The molecule has 2 aromatic carbocycles. The lowest BCUT2D eigenvalue weighted by atomic mass is 10.2. The molecule has 2 aromatic rings. The molecule has 21 heavy (non-hydrogen) atoms. The number of thioether (sulfide) groups is 1. The van der Waals surface area contributed by atoms with E-state index in [1.54, 1.807) is 19.2 Å². The number of benzene rings is 2. The average molecular weight is 302 g/mol. The number of carbonyl (C=O) groups is 1. The van der Waals surface area contributed by atoms with Gasteiger partial charge in [-0.1, -0.05) is 6.07 Å². The molecule has 0 radical (unpaired) electrons. The lowest BCUT2D eigenvalue weighted by Crippen LogP contribution is -2.14. The predicted octanol–water partition coefficient (Wildman–Crippen LogP) is 3.32. The second kappa shape index (κ2) is 7.04. The van der Waals surface area contributed by atoms with Crippen molar-refractivity contribution in [1.82, 2.24) is 0 Å². The second-order valence-corrected chi connectivity index (χ2v) is 5.62. The number of methoxy groups -OCH3 is 1. The van der Waals surface area contributed by atoms with Crippen molar-refractivity contribution in [2.45, 2.75) is 11.8 Å². The van der Waals surface area contributed by atoms with Crippen molar-refractivity contribution in [3.63, 3.8) is 0 Å². The molecule has 0 aliphatic carbocycles. The quantitative estimate of drug-likeness (QED) is 0.657. The summed E-state index contributed by atoms with van der Waals surface area (Å²) in [6.45, 7) is 1.99. The van der Waals surface area contributed by atoms with E-state index in [4.69, 9.17) is 10.5 Å². The van der Waals surface area contributed by atoms with Crippen LogP contribution in [-0.2, 0) is 4.79 Å². The maximum Gasteiger partial charge on any atom is 0.234 e. The lowest BCUT2D eigenvalue weighted by Gasteiger charge is -2.08. The van der Waals surface area contributed by atoms with Crippen molar-refractivity contribution in [2.24, 2.45) is 0 Å². The maximum absolute atomic E-state index is 11.9. The number of hydrogen-bond acceptors (Lipinski definition) is 4. The van der Waals surface area contributed by atoms with Gasteiger partial charge in [0.05, 0.1) is 12.9 Å². The number of ether oxygens (including phenoxy) is 1. The second-order valence-electron chi connectivity index (χ2n) is 4.61. The van der Waals surface area contributed by atoms with Gasteiger partial charge in [0.25, 0.3) is 0 Å². The van der Waals surface area contributed by atoms with E-state index in [1.807, 2.05) is 37.3 Å². The third-order valence-corrected chi connectivity index (χ3v) is 3.99. The first-order chi connectivity index (χ1) is 10.1. The number of anilines is 2. The van der Waals surface area contributed by atoms with Crippen molar-refractivity contribution in [1.29, 1.82) is 0 Å². The number of nitrogens with two attached hydrogens (primary N) is 1. The molecule has 0 atom stereocenters. The zero-order valence-electron chi connectivity index (χ0n) is 12.1. The fourth-order valence-corrected chi connectivity index (χ4v) is 2.56. The van der Waals surface area contributed by atoms with Crippen molar-refractivity contribution in [3.05, 3.63) is 48.0 Å². The molecule has 0 aliphatic rings. The van der Waals surface area contributed by atoms with E-state index in [2.05, 4.69) is 5.32 Å². The summed E-state index contributed by atoms with van der Waals surface area (Å²) in [5.74, 6) is 1.01. The molecule has 0 aromatic heterocycles. The van der Waals surface area contributed by atoms with E-state index in [0.29, 0.717) is 11.4 Å². The molecule has 0 bridgehead atoms. The fourth-order valence-electron chi connectivity index (χ4n) is 1.81. The molecule has 3 N–H and O–H groups in total. The first kappa shape index (κ1) is 15.3. The Hall–Kier alpha value is -2.14. The minimum Gasteiger partial charge on any atom is -0.497 e. The number of nitrogens with one attached hydrogen (secondary N) is 1. The average Bonchev–Trinajstić information content (AvgIpc) is 2.47. The van der Waals surface area contributed by atoms with Crippen LogP contribution in [0, 0.1) is 6.92 Å².